The fourth-order valence-electron chi connectivity index (χ4n) is 5.53. The summed E-state index contributed by atoms with van der Waals surface area (Å²) in [6, 6.07) is 10.3. The first kappa shape index (κ1) is 26.1. The third kappa shape index (κ3) is 5.55. The van der Waals surface area contributed by atoms with E-state index < -0.39 is 25.9 Å². The third-order valence-corrected chi connectivity index (χ3v) is 9.69. The predicted octanol–water partition coefficient (Wildman–Crippen LogP) is 5.39. The molecule has 0 radical (unpaired) electrons. The molecule has 3 aromatic rings. The minimum atomic E-state index is -4.33. The quantitative estimate of drug-likeness (QED) is 0.360. The van der Waals surface area contributed by atoms with Crippen molar-refractivity contribution in [1.29, 1.82) is 0 Å². The summed E-state index contributed by atoms with van der Waals surface area (Å²) < 4.78 is 60.7. The van der Waals surface area contributed by atoms with Gasteiger partial charge in [-0.25, -0.2) is 17.8 Å². The van der Waals surface area contributed by atoms with Gasteiger partial charge in [0, 0.05) is 18.6 Å². The number of hydrogen-bond donors (Lipinski definition) is 2. The normalized spacial score (nSPS) is 21.7. The second kappa shape index (κ2) is 10.4. The van der Waals surface area contributed by atoms with E-state index in [1.54, 1.807) is 7.11 Å². The molecule has 0 spiro atoms. The van der Waals surface area contributed by atoms with Gasteiger partial charge in [-0.05, 0) is 68.0 Å². The van der Waals surface area contributed by atoms with Crippen molar-refractivity contribution in [3.8, 4) is 5.75 Å². The van der Waals surface area contributed by atoms with Crippen molar-refractivity contribution in [2.75, 3.05) is 36.8 Å². The summed E-state index contributed by atoms with van der Waals surface area (Å²) in [5.41, 5.74) is 1.54. The highest BCUT2D eigenvalue weighted by Crippen LogP contribution is 2.43. The van der Waals surface area contributed by atoms with Crippen molar-refractivity contribution in [2.45, 2.75) is 36.1 Å². The highest BCUT2D eigenvalue weighted by molar-refractivity contribution is 7.93. The van der Waals surface area contributed by atoms with Crippen molar-refractivity contribution in [1.82, 2.24) is 9.88 Å². The Hall–Kier alpha value is -2.47. The van der Waals surface area contributed by atoms with Crippen LogP contribution in [0.2, 0.25) is 5.02 Å². The molecule has 2 aromatic carbocycles. The van der Waals surface area contributed by atoms with Crippen molar-refractivity contribution < 1.29 is 21.9 Å². The first-order valence-corrected chi connectivity index (χ1v) is 14.6. The van der Waals surface area contributed by atoms with Gasteiger partial charge < -0.3 is 10.1 Å². The Kier molecular flexibility index (Phi) is 7.32. The Morgan fingerprint density at radius 2 is 2.05 bits per heavy atom. The molecule has 3 heterocycles. The predicted molar refractivity (Wildman–Crippen MR) is 141 cm³/mol. The molecule has 37 heavy (non-hydrogen) atoms. The van der Waals surface area contributed by atoms with Crippen LogP contribution in [0.5, 0.6) is 5.75 Å². The third-order valence-electron chi connectivity index (χ3n) is 7.19. The Morgan fingerprint density at radius 3 is 2.76 bits per heavy atom. The van der Waals surface area contributed by atoms with Crippen molar-refractivity contribution in [2.24, 2.45) is 5.92 Å². The van der Waals surface area contributed by atoms with Gasteiger partial charge in [0.15, 0.2) is 10.3 Å². The number of rotatable bonds is 9. The van der Waals surface area contributed by atoms with Crippen LogP contribution in [0.4, 0.5) is 19.6 Å². The molecule has 2 fully saturated rings. The highest BCUT2D eigenvalue weighted by atomic mass is 35.5. The number of fused-ring (bicyclic) bond motifs is 1. The fourth-order valence-corrected chi connectivity index (χ4v) is 7.70. The average Bonchev–Trinajstić information content (AvgIpc) is 3.53. The van der Waals surface area contributed by atoms with Gasteiger partial charge in [-0.15, -0.1) is 0 Å². The van der Waals surface area contributed by atoms with Gasteiger partial charge in [0.2, 0.25) is 0 Å². The zero-order chi connectivity index (χ0) is 26.2. The molecule has 2 atom stereocenters. The number of benzene rings is 2. The van der Waals surface area contributed by atoms with E-state index >= 15 is 0 Å². The molecule has 2 aliphatic heterocycles. The summed E-state index contributed by atoms with van der Waals surface area (Å²) in [6.45, 7) is 2.59. The number of nitrogens with zero attached hydrogens (tertiary/aromatic N) is 2. The standard InChI is InChI=1S/C25H27ClF2N4O3S2/c1-35-18-5-3-16(4-6-18)9-17-12-25(7-2-8-32(25)14-17)15-30-21-11-20(27)22(10-19(21)26)37(33,34)31-24-29-13-23(28)36-24/h3-6,10-11,13,17,30H,2,7-9,12,14-15H2,1H3,(H,29,31)/t17-,25-/m1/s1. The number of anilines is 2. The van der Waals surface area contributed by atoms with Crippen molar-refractivity contribution in [3.63, 3.8) is 0 Å². The minimum Gasteiger partial charge on any atom is -0.497 e. The van der Waals surface area contributed by atoms with Crippen LogP contribution in [-0.4, -0.2) is 50.6 Å². The Morgan fingerprint density at radius 1 is 1.27 bits per heavy atom. The fraction of sp³-hybridized carbons (Fsp3) is 0.400. The molecular formula is C25H27ClF2N4O3S2. The van der Waals surface area contributed by atoms with Gasteiger partial charge in [0.05, 0.1) is 24.0 Å². The number of aromatic nitrogens is 1. The Bertz CT molecular complexity index is 1390. The number of nitrogens with one attached hydrogen (secondary N) is 2. The van der Waals surface area contributed by atoms with Crippen LogP contribution in [0.25, 0.3) is 0 Å². The van der Waals surface area contributed by atoms with Gasteiger partial charge in [-0.1, -0.05) is 35.1 Å². The van der Waals surface area contributed by atoms with E-state index in [1.807, 2.05) is 12.1 Å². The van der Waals surface area contributed by atoms with E-state index in [-0.39, 0.29) is 15.7 Å². The van der Waals surface area contributed by atoms with E-state index in [2.05, 4.69) is 32.1 Å². The first-order valence-electron chi connectivity index (χ1n) is 11.9. The van der Waals surface area contributed by atoms with E-state index in [0.717, 1.165) is 62.9 Å². The monoisotopic (exact) mass is 568 g/mol. The lowest BCUT2D eigenvalue weighted by atomic mass is 9.87. The number of halogens is 3. The molecular weight excluding hydrogens is 542 g/mol. The number of hydrogen-bond acceptors (Lipinski definition) is 7. The molecule has 0 aliphatic carbocycles. The van der Waals surface area contributed by atoms with Crippen LogP contribution >= 0.6 is 22.9 Å². The van der Waals surface area contributed by atoms with Crippen LogP contribution < -0.4 is 14.8 Å². The molecule has 1 aromatic heterocycles. The lowest BCUT2D eigenvalue weighted by Gasteiger charge is -2.32. The summed E-state index contributed by atoms with van der Waals surface area (Å²) in [4.78, 5) is 5.50. The van der Waals surface area contributed by atoms with Crippen molar-refractivity contribution >= 4 is 43.8 Å². The lowest BCUT2D eigenvalue weighted by molar-refractivity contribution is 0.209. The second-order valence-electron chi connectivity index (χ2n) is 9.59. The van der Waals surface area contributed by atoms with Crippen LogP contribution in [-0.2, 0) is 16.4 Å². The molecule has 5 rings (SSSR count). The molecule has 0 unspecified atom stereocenters. The average molecular weight is 569 g/mol. The highest BCUT2D eigenvalue weighted by Gasteiger charge is 2.48. The van der Waals surface area contributed by atoms with Gasteiger partial charge in [-0.3, -0.25) is 9.62 Å². The SMILES string of the molecule is COc1ccc(C[C@H]2CN3CCC[C@]3(CNc3cc(F)c(S(=O)(=O)Nc4ncc(F)s4)cc3Cl)C2)cc1. The number of ether oxygens (including phenoxy) is 1. The van der Waals surface area contributed by atoms with E-state index in [0.29, 0.717) is 29.5 Å². The number of sulfonamides is 1. The summed E-state index contributed by atoms with van der Waals surface area (Å²) in [7, 11) is -2.67. The van der Waals surface area contributed by atoms with E-state index in [9.17, 15) is 17.2 Å². The molecule has 2 saturated heterocycles. The zero-order valence-corrected chi connectivity index (χ0v) is 22.5. The van der Waals surface area contributed by atoms with Gasteiger partial charge >= 0.3 is 0 Å². The largest absolute Gasteiger partial charge is 0.497 e. The lowest BCUT2D eigenvalue weighted by Crippen LogP contribution is -2.44. The smallest absolute Gasteiger partial charge is 0.266 e. The van der Waals surface area contributed by atoms with Gasteiger partial charge in [-0.2, -0.15) is 4.39 Å². The van der Waals surface area contributed by atoms with Crippen LogP contribution in [0, 0.1) is 16.9 Å². The molecule has 198 valence electrons. The molecule has 0 amide bonds. The zero-order valence-electron chi connectivity index (χ0n) is 20.1. The maximum Gasteiger partial charge on any atom is 0.266 e. The van der Waals surface area contributed by atoms with E-state index in [1.165, 1.54) is 5.56 Å². The molecule has 2 aliphatic rings. The molecule has 0 saturated carbocycles. The summed E-state index contributed by atoms with van der Waals surface area (Å²) >= 11 is 6.89. The second-order valence-corrected chi connectivity index (χ2v) is 12.6. The number of methoxy groups -OCH3 is 1. The molecule has 12 heteroatoms. The maximum absolute atomic E-state index is 14.9. The molecule has 7 nitrogen and oxygen atoms in total. The van der Waals surface area contributed by atoms with Crippen LogP contribution in [0.3, 0.4) is 0 Å². The minimum absolute atomic E-state index is 0.0574. The Labute approximate surface area is 223 Å². The van der Waals surface area contributed by atoms with Crippen LogP contribution in [0.1, 0.15) is 24.8 Å². The summed E-state index contributed by atoms with van der Waals surface area (Å²) in [5.74, 6) is 0.380. The van der Waals surface area contributed by atoms with Gasteiger partial charge in [0.1, 0.15) is 16.5 Å². The summed E-state index contributed by atoms with van der Waals surface area (Å²) in [6.07, 6.45) is 4.99. The first-order chi connectivity index (χ1) is 17.7. The maximum atomic E-state index is 14.9. The molecule has 0 bridgehead atoms. The summed E-state index contributed by atoms with van der Waals surface area (Å²) in [5, 5.41) is 2.52. The Balaban J connectivity index is 1.27. The van der Waals surface area contributed by atoms with E-state index in [4.69, 9.17) is 16.3 Å². The van der Waals surface area contributed by atoms with Crippen molar-refractivity contribution in [3.05, 3.63) is 64.1 Å². The van der Waals surface area contributed by atoms with Crippen LogP contribution in [0.15, 0.2) is 47.5 Å². The number of thiazole rings is 1. The van der Waals surface area contributed by atoms with Gasteiger partial charge in [0.25, 0.3) is 10.0 Å². The molecule has 2 N–H and O–H groups in total. The topological polar surface area (TPSA) is 83.6 Å².